The summed E-state index contributed by atoms with van der Waals surface area (Å²) >= 11 is 0. The number of furan rings is 1. The van der Waals surface area contributed by atoms with Gasteiger partial charge >= 0.3 is 0 Å². The van der Waals surface area contributed by atoms with Crippen LogP contribution in [0.1, 0.15) is 17.5 Å². The molecule has 0 atom stereocenters. The summed E-state index contributed by atoms with van der Waals surface area (Å²) in [6, 6.07) is 8.31. The van der Waals surface area contributed by atoms with E-state index < -0.39 is 0 Å². The van der Waals surface area contributed by atoms with Gasteiger partial charge in [0, 0.05) is 43.0 Å². The molecular weight excluding hydrogens is 338 g/mol. The molecule has 0 unspecified atom stereocenters. The molecule has 1 fully saturated rings. The highest BCUT2D eigenvalue weighted by Crippen LogP contribution is 2.28. The molecule has 1 amide bonds. The molecule has 0 N–H and O–H groups in total. The van der Waals surface area contributed by atoms with Crippen LogP contribution in [0.2, 0.25) is 0 Å². The highest BCUT2D eigenvalue weighted by atomic mass is 16.3. The third kappa shape index (κ3) is 3.88. The van der Waals surface area contributed by atoms with E-state index in [-0.39, 0.29) is 5.91 Å². The maximum atomic E-state index is 12.2. The van der Waals surface area contributed by atoms with E-state index in [2.05, 4.69) is 42.2 Å². The summed E-state index contributed by atoms with van der Waals surface area (Å²) in [7, 11) is 4.15. The van der Waals surface area contributed by atoms with Crippen LogP contribution in [0, 0.1) is 0 Å². The molecule has 140 valence electrons. The van der Waals surface area contributed by atoms with Crippen LogP contribution in [0.25, 0.3) is 22.1 Å². The van der Waals surface area contributed by atoms with Crippen molar-refractivity contribution in [3.8, 4) is 11.1 Å². The molecule has 2 aromatic heterocycles. The molecule has 1 saturated heterocycles. The summed E-state index contributed by atoms with van der Waals surface area (Å²) in [6.07, 6.45) is 8.00. The minimum absolute atomic E-state index is 0.191. The fraction of sp³-hybridized carbons (Fsp3) is 0.364. The van der Waals surface area contributed by atoms with Gasteiger partial charge in [-0.3, -0.25) is 9.78 Å². The van der Waals surface area contributed by atoms with Crippen molar-refractivity contribution in [2.45, 2.75) is 19.3 Å². The topological polar surface area (TPSA) is 49.6 Å². The Labute approximate surface area is 159 Å². The number of hydrogen-bond donors (Lipinski definition) is 0. The fourth-order valence-electron chi connectivity index (χ4n) is 3.39. The number of benzene rings is 1. The summed E-state index contributed by atoms with van der Waals surface area (Å²) < 4.78 is 5.71. The van der Waals surface area contributed by atoms with Crippen LogP contribution in [-0.2, 0) is 17.6 Å². The van der Waals surface area contributed by atoms with Crippen LogP contribution in [0.5, 0.6) is 0 Å². The first kappa shape index (κ1) is 17.7. The first-order valence-electron chi connectivity index (χ1n) is 9.47. The molecule has 1 aliphatic heterocycles. The van der Waals surface area contributed by atoms with E-state index in [9.17, 15) is 4.79 Å². The molecule has 0 saturated carbocycles. The van der Waals surface area contributed by atoms with E-state index in [4.69, 9.17) is 4.42 Å². The molecule has 0 aliphatic carbocycles. The molecule has 0 radical (unpaired) electrons. The minimum Gasteiger partial charge on any atom is -0.464 e. The number of nitrogens with zero attached hydrogens (tertiary/aromatic N) is 3. The average molecular weight is 363 g/mol. The van der Waals surface area contributed by atoms with Gasteiger partial charge in [-0.25, -0.2) is 0 Å². The van der Waals surface area contributed by atoms with Gasteiger partial charge in [0.15, 0.2) is 0 Å². The smallest absolute Gasteiger partial charge is 0.227 e. The second kappa shape index (κ2) is 7.53. The fourth-order valence-corrected chi connectivity index (χ4v) is 3.39. The molecule has 5 heteroatoms. The number of hydrogen-bond acceptors (Lipinski definition) is 4. The number of pyridine rings is 1. The third-order valence-corrected chi connectivity index (χ3v) is 5.17. The van der Waals surface area contributed by atoms with Crippen LogP contribution < -0.4 is 0 Å². The number of aromatic nitrogens is 1. The van der Waals surface area contributed by atoms with Gasteiger partial charge in [-0.2, -0.15) is 0 Å². The van der Waals surface area contributed by atoms with Crippen molar-refractivity contribution in [2.24, 2.45) is 0 Å². The zero-order chi connectivity index (χ0) is 18.8. The second-order valence-electron chi connectivity index (χ2n) is 7.52. The zero-order valence-corrected chi connectivity index (χ0v) is 15.9. The number of fused-ring (bicyclic) bond motifs is 1. The van der Waals surface area contributed by atoms with Gasteiger partial charge in [-0.1, -0.05) is 6.07 Å². The molecule has 0 bridgehead atoms. The van der Waals surface area contributed by atoms with Crippen molar-refractivity contribution < 1.29 is 9.21 Å². The number of carbonyl (C=O) groups excluding carboxylic acids is 1. The molecule has 4 rings (SSSR count). The van der Waals surface area contributed by atoms with Crippen molar-refractivity contribution in [1.82, 2.24) is 14.8 Å². The predicted octanol–water partition coefficient (Wildman–Crippen LogP) is 3.37. The van der Waals surface area contributed by atoms with Crippen LogP contribution in [0.4, 0.5) is 0 Å². The Morgan fingerprint density at radius 3 is 2.78 bits per heavy atom. The molecule has 1 aliphatic rings. The average Bonchev–Trinajstić information content (AvgIpc) is 3.01. The minimum atomic E-state index is 0.191. The van der Waals surface area contributed by atoms with E-state index >= 15 is 0 Å². The summed E-state index contributed by atoms with van der Waals surface area (Å²) in [5.74, 6) is 0.191. The predicted molar refractivity (Wildman–Crippen MR) is 107 cm³/mol. The molecule has 3 aromatic rings. The van der Waals surface area contributed by atoms with E-state index in [1.165, 1.54) is 5.56 Å². The first-order valence-corrected chi connectivity index (χ1v) is 9.47. The highest BCUT2D eigenvalue weighted by molar-refractivity contribution is 5.86. The molecular formula is C22H25N3O2. The Balaban J connectivity index is 1.58. The SMILES string of the molecule is CN(C)CCc1coc2ccc(-c3cncc(CC(=O)N4CCC4)c3)cc12. The Morgan fingerprint density at radius 2 is 2.04 bits per heavy atom. The Hall–Kier alpha value is -2.66. The molecule has 0 spiro atoms. The lowest BCUT2D eigenvalue weighted by Gasteiger charge is -2.30. The Kier molecular flexibility index (Phi) is 4.94. The van der Waals surface area contributed by atoms with Gasteiger partial charge in [0.05, 0.1) is 12.7 Å². The summed E-state index contributed by atoms with van der Waals surface area (Å²) in [4.78, 5) is 20.7. The Bertz CT molecular complexity index is 957. The van der Waals surface area contributed by atoms with Crippen molar-refractivity contribution in [1.29, 1.82) is 0 Å². The van der Waals surface area contributed by atoms with Gasteiger partial charge in [-0.05, 0) is 61.8 Å². The Morgan fingerprint density at radius 1 is 1.19 bits per heavy atom. The largest absolute Gasteiger partial charge is 0.464 e. The van der Waals surface area contributed by atoms with E-state index in [1.807, 2.05) is 23.4 Å². The lowest BCUT2D eigenvalue weighted by atomic mass is 10.0. The zero-order valence-electron chi connectivity index (χ0n) is 15.9. The van der Waals surface area contributed by atoms with E-state index in [1.54, 1.807) is 6.20 Å². The number of likely N-dealkylation sites (N-methyl/N-ethyl adjacent to an activating group) is 1. The maximum Gasteiger partial charge on any atom is 0.227 e. The van der Waals surface area contributed by atoms with Gasteiger partial charge in [-0.15, -0.1) is 0 Å². The van der Waals surface area contributed by atoms with Crippen LogP contribution in [-0.4, -0.2) is 54.4 Å². The third-order valence-electron chi connectivity index (χ3n) is 5.17. The number of rotatable bonds is 6. The standard InChI is InChI=1S/C22H25N3O2/c1-24(2)9-6-18-15-27-21-5-4-17(12-20(18)21)19-10-16(13-23-14-19)11-22(26)25-7-3-8-25/h4-5,10,12-15H,3,6-9,11H2,1-2H3. The van der Waals surface area contributed by atoms with E-state index in [0.29, 0.717) is 6.42 Å². The van der Waals surface area contributed by atoms with Gasteiger partial charge in [0.2, 0.25) is 5.91 Å². The van der Waals surface area contributed by atoms with E-state index in [0.717, 1.165) is 60.1 Å². The van der Waals surface area contributed by atoms with Gasteiger partial charge in [0.1, 0.15) is 5.58 Å². The summed E-state index contributed by atoms with van der Waals surface area (Å²) in [6.45, 7) is 2.76. The maximum absolute atomic E-state index is 12.2. The highest BCUT2D eigenvalue weighted by Gasteiger charge is 2.20. The van der Waals surface area contributed by atoms with Crippen molar-refractivity contribution in [3.63, 3.8) is 0 Å². The van der Waals surface area contributed by atoms with Crippen molar-refractivity contribution in [3.05, 3.63) is 54.0 Å². The van der Waals surface area contributed by atoms with Crippen molar-refractivity contribution in [2.75, 3.05) is 33.7 Å². The van der Waals surface area contributed by atoms with Crippen LogP contribution in [0.15, 0.2) is 47.3 Å². The van der Waals surface area contributed by atoms with Crippen LogP contribution >= 0.6 is 0 Å². The normalized spacial score (nSPS) is 14.0. The van der Waals surface area contributed by atoms with Crippen molar-refractivity contribution >= 4 is 16.9 Å². The molecule has 5 nitrogen and oxygen atoms in total. The van der Waals surface area contributed by atoms with Gasteiger partial charge in [0.25, 0.3) is 0 Å². The lowest BCUT2D eigenvalue weighted by molar-refractivity contribution is -0.133. The number of carbonyl (C=O) groups is 1. The van der Waals surface area contributed by atoms with Gasteiger partial charge < -0.3 is 14.2 Å². The monoisotopic (exact) mass is 363 g/mol. The molecule has 3 heterocycles. The summed E-state index contributed by atoms with van der Waals surface area (Å²) in [5.41, 5.74) is 5.22. The molecule has 27 heavy (non-hydrogen) atoms. The quantitative estimate of drug-likeness (QED) is 0.674. The number of amides is 1. The second-order valence-corrected chi connectivity index (χ2v) is 7.52. The summed E-state index contributed by atoms with van der Waals surface area (Å²) in [5, 5.41) is 1.15. The number of likely N-dealkylation sites (tertiary alicyclic amines) is 1. The molecule has 1 aromatic carbocycles. The lowest BCUT2D eigenvalue weighted by Crippen LogP contribution is -2.42. The van der Waals surface area contributed by atoms with Crippen LogP contribution in [0.3, 0.4) is 0 Å². The first-order chi connectivity index (χ1) is 13.1.